The Labute approximate surface area is 702 Å². The Bertz CT molecular complexity index is 3910. The van der Waals surface area contributed by atoms with Gasteiger partial charge in [0, 0.05) is 53.2 Å². The summed E-state index contributed by atoms with van der Waals surface area (Å²) in [6.45, 7) is 35.3. The summed E-state index contributed by atoms with van der Waals surface area (Å²) in [6, 6.07) is 0. The van der Waals surface area contributed by atoms with Crippen molar-refractivity contribution >= 4 is 17.9 Å². The lowest BCUT2D eigenvalue weighted by molar-refractivity contribution is -0.414. The van der Waals surface area contributed by atoms with Crippen LogP contribution < -0.4 is 0 Å². The molecule has 0 aromatic rings. The molecule has 6 saturated heterocycles. The topological polar surface area (TPSA) is 311 Å². The summed E-state index contributed by atoms with van der Waals surface area (Å²) >= 11 is 0. The summed E-state index contributed by atoms with van der Waals surface area (Å²) in [4.78, 5) is 36.9. The number of carbonyl (C=O) groups excluding carboxylic acids is 3. The van der Waals surface area contributed by atoms with Crippen LogP contribution in [0.4, 0.5) is 92.2 Å². The molecule has 9 aliphatic rings. The van der Waals surface area contributed by atoms with E-state index in [1.807, 2.05) is 0 Å². The van der Waals surface area contributed by atoms with Gasteiger partial charge in [0.2, 0.25) is 0 Å². The maximum atomic E-state index is 15.3. The third-order valence-corrected chi connectivity index (χ3v) is 25.3. The largest absolute Gasteiger partial charge is 0.459 e. The Morgan fingerprint density at radius 1 is 0.419 bits per heavy atom. The summed E-state index contributed by atoms with van der Waals surface area (Å²) in [7, 11) is 0. The number of rotatable bonds is 25. The molecule has 6 N–H and O–H groups in total. The van der Waals surface area contributed by atoms with Gasteiger partial charge in [0.05, 0.1) is 90.1 Å². The van der Waals surface area contributed by atoms with Crippen LogP contribution >= 0.6 is 0 Å². The van der Waals surface area contributed by atoms with Crippen molar-refractivity contribution in [1.82, 2.24) is 0 Å². The number of hydrogen-bond acceptors (Lipinski definition) is 24. The van der Waals surface area contributed by atoms with E-state index in [4.69, 9.17) is 56.8 Å². The van der Waals surface area contributed by atoms with E-state index in [2.05, 4.69) is 33.9 Å². The van der Waals surface area contributed by atoms with Crippen molar-refractivity contribution in [1.29, 1.82) is 0 Å². The molecule has 0 aromatic heterocycles. The van der Waals surface area contributed by atoms with Gasteiger partial charge in [0.15, 0.2) is 23.1 Å². The minimum absolute atomic E-state index is 0.0502. The second-order valence-corrected chi connectivity index (χ2v) is 38.8. The van der Waals surface area contributed by atoms with Crippen molar-refractivity contribution in [3.63, 3.8) is 0 Å². The molecule has 20 unspecified atom stereocenters. The first-order valence-corrected chi connectivity index (χ1v) is 39.1. The highest BCUT2D eigenvalue weighted by Crippen LogP contribution is 2.72. The minimum Gasteiger partial charge on any atom is -0.459 e. The van der Waals surface area contributed by atoms with Crippen LogP contribution in [0.2, 0.25) is 0 Å². The van der Waals surface area contributed by atoms with Gasteiger partial charge in [-0.15, -0.1) is 0 Å². The van der Waals surface area contributed by atoms with E-state index in [9.17, 15) is 111 Å². The first-order chi connectivity index (χ1) is 54.7. The third-order valence-electron chi connectivity index (χ3n) is 25.3. The Kier molecular flexibility index (Phi) is 27.8. The number of ether oxygens (including phenoxy) is 15. The molecular formula is C79H113F21O24. The Hall–Kier alpha value is -4.56. The van der Waals surface area contributed by atoms with Gasteiger partial charge >= 0.3 is 83.9 Å². The van der Waals surface area contributed by atoms with E-state index in [0.717, 1.165) is 34.6 Å². The standard InChI is InChI=1S/C27H40F6O8.C26H34F10O8.C26H39F5O8/c1-15(2)19(34)39-16-9-17(20(3,4)40-22(7)11-24(35,37-13-22)26(28,29)30)18(10-16)21(5,6)41-23(8)12-25(36,38-14-23)27(31,32)33;1-12(2)16(37)42-13(3)14-9-20(14,17(4,5)43-15-10-40-23(38,21(15,27)28)25(31,32)33)18(6,7)44-19(8)11-41-24(39,22(19,29)30)26(34,35)36;1-14(2)18(32)37-16-10-15(17(16)20(5,6)38-21(7)11-23(9,33)35-12-21)19(3,4)39-22(8)13-36-25(34,24(22,27)28)26(29,30)31/h16-18,35-36H,1,9-14H2,2-8H3;13-15,38-39H,1,9-11H2,2-8H3;15-17,33-34H,1,10-13H2,2-9H3. The van der Waals surface area contributed by atoms with Crippen LogP contribution in [-0.2, 0) is 85.4 Å². The lowest BCUT2D eigenvalue weighted by Gasteiger charge is -2.58. The quantitative estimate of drug-likeness (QED) is 0.0214. The van der Waals surface area contributed by atoms with Crippen molar-refractivity contribution in [2.24, 2.45) is 35.0 Å². The number of esters is 3. The summed E-state index contributed by atoms with van der Waals surface area (Å²) < 4.78 is 372. The van der Waals surface area contributed by atoms with Crippen LogP contribution in [0.5, 0.6) is 0 Å². The lowest BCUT2D eigenvalue weighted by Crippen LogP contribution is -2.67. The van der Waals surface area contributed by atoms with Gasteiger partial charge in [0.1, 0.15) is 18.3 Å². The lowest BCUT2D eigenvalue weighted by atomic mass is 9.57. The van der Waals surface area contributed by atoms with Crippen molar-refractivity contribution in [2.75, 3.05) is 39.6 Å². The van der Waals surface area contributed by atoms with Crippen molar-refractivity contribution in [2.45, 2.75) is 367 Å². The fourth-order valence-electron chi connectivity index (χ4n) is 19.4. The SMILES string of the molecule is C=C(C)C(=O)OC(C)C1CC1(C(C)(C)OC1COC(O)(C(F)(F)F)C1(F)F)C(C)(C)OC1(C)COC(O)(C(F)(F)F)C1(F)F.C=C(C)C(=O)OC1CC(C(C)(C)OC2(C)COC(O)(C(F)(F)F)C2(F)F)C1C(C)(C)OC1(C)COC(C)(O)C1.C=C(C)C(=O)OC1CC(C(C)(C)OC2(C)COC(O)(C(F)(F)F)C2)C(C(C)(C)OC2(C)COC(O)(C(F)(F)F)C2)C1. The first-order valence-electron chi connectivity index (χ1n) is 39.1. The molecule has 3 saturated carbocycles. The zero-order chi connectivity index (χ0) is 96.5. The van der Waals surface area contributed by atoms with Crippen LogP contribution in [0.15, 0.2) is 36.5 Å². The van der Waals surface area contributed by atoms with Crippen molar-refractivity contribution < 1.29 is 208 Å². The zero-order valence-electron chi connectivity index (χ0n) is 72.5. The van der Waals surface area contributed by atoms with Crippen LogP contribution in [0.25, 0.3) is 0 Å². The molecule has 24 nitrogen and oxygen atoms in total. The fourth-order valence-corrected chi connectivity index (χ4v) is 19.4. The summed E-state index contributed by atoms with van der Waals surface area (Å²) in [5.41, 5.74) is -21.1. The molecule has 0 amide bonds. The summed E-state index contributed by atoms with van der Waals surface area (Å²) in [6.07, 6.45) is -34.6. The highest BCUT2D eigenvalue weighted by atomic mass is 19.4. The van der Waals surface area contributed by atoms with E-state index in [-0.39, 0.29) is 55.4 Å². The molecular weight excluding hydrogens is 1730 g/mol. The van der Waals surface area contributed by atoms with Gasteiger partial charge in [-0.2, -0.15) is 92.2 Å². The normalized spacial score (nSPS) is 39.2. The van der Waals surface area contributed by atoms with Crippen molar-refractivity contribution in [3.05, 3.63) is 36.5 Å². The van der Waals surface area contributed by atoms with Crippen molar-refractivity contribution in [3.8, 4) is 0 Å². The zero-order valence-corrected chi connectivity index (χ0v) is 72.5. The molecule has 0 bridgehead atoms. The average molecular weight is 1850 g/mol. The molecule has 9 rings (SSSR count). The van der Waals surface area contributed by atoms with Crippen LogP contribution in [0, 0.1) is 35.0 Å². The second kappa shape index (κ2) is 32.4. The van der Waals surface area contributed by atoms with E-state index in [0.29, 0.717) is 6.92 Å². The monoisotopic (exact) mass is 1840 g/mol. The molecule has 0 radical (unpaired) electrons. The van der Waals surface area contributed by atoms with Gasteiger partial charge in [-0.25, -0.2) is 14.4 Å². The number of carbonyl (C=O) groups is 3. The highest BCUT2D eigenvalue weighted by Gasteiger charge is 2.87. The molecule has 9 fully saturated rings. The summed E-state index contributed by atoms with van der Waals surface area (Å²) in [5, 5.41) is 59.8. The molecule has 0 aromatic carbocycles. The van der Waals surface area contributed by atoms with E-state index >= 15 is 26.3 Å². The van der Waals surface area contributed by atoms with E-state index in [1.165, 1.54) is 62.3 Å². The van der Waals surface area contributed by atoms with Gasteiger partial charge in [-0.05, 0) is 196 Å². The number of hydrogen-bond donors (Lipinski definition) is 6. The van der Waals surface area contributed by atoms with Gasteiger partial charge in [-0.3, -0.25) is 0 Å². The summed E-state index contributed by atoms with van der Waals surface area (Å²) in [5.74, 6) is -43.7. The third kappa shape index (κ3) is 19.1. The number of alkyl halides is 21. The smallest absolute Gasteiger partial charge is 0.449 e. The molecule has 6 heterocycles. The predicted molar refractivity (Wildman–Crippen MR) is 385 cm³/mol. The molecule has 20 atom stereocenters. The Balaban J connectivity index is 0.000000256. The molecule has 720 valence electrons. The van der Waals surface area contributed by atoms with Gasteiger partial charge in [0.25, 0.3) is 11.6 Å². The van der Waals surface area contributed by atoms with Gasteiger partial charge < -0.3 is 102 Å². The number of aliphatic hydroxyl groups is 6. The molecule has 6 aliphatic heterocycles. The van der Waals surface area contributed by atoms with Crippen LogP contribution in [0.3, 0.4) is 0 Å². The average Bonchev–Trinajstić information content (AvgIpc) is 1.50. The highest BCUT2D eigenvalue weighted by molar-refractivity contribution is 5.88. The fraction of sp³-hybridized carbons (Fsp3) is 0.886. The Morgan fingerprint density at radius 2 is 0.782 bits per heavy atom. The maximum absolute atomic E-state index is 15.3. The van der Waals surface area contributed by atoms with Gasteiger partial charge in [-0.1, -0.05) is 19.7 Å². The second-order valence-electron chi connectivity index (χ2n) is 38.8. The van der Waals surface area contributed by atoms with E-state index in [1.54, 1.807) is 48.5 Å². The first kappa shape index (κ1) is 106. The minimum atomic E-state index is -5.99. The van der Waals surface area contributed by atoms with Crippen LogP contribution in [0.1, 0.15) is 197 Å². The molecule has 3 aliphatic carbocycles. The molecule has 45 heteroatoms. The van der Waals surface area contributed by atoms with E-state index < -0.39 is 268 Å². The maximum Gasteiger partial charge on any atom is 0.449 e. The predicted octanol–water partition coefficient (Wildman–Crippen LogP) is 14.3. The Morgan fingerprint density at radius 3 is 1.13 bits per heavy atom. The van der Waals surface area contributed by atoms with Crippen LogP contribution in [-0.4, -0.2) is 258 Å². The number of halogens is 21. The molecule has 124 heavy (non-hydrogen) atoms. The molecule has 0 spiro atoms.